The van der Waals surface area contributed by atoms with E-state index in [0.717, 1.165) is 23.9 Å². The van der Waals surface area contributed by atoms with Gasteiger partial charge in [-0.25, -0.2) is 0 Å². The Hall–Kier alpha value is -1.06. The third-order valence-electron chi connectivity index (χ3n) is 5.33. The highest BCUT2D eigenvalue weighted by Crippen LogP contribution is 2.34. The lowest BCUT2D eigenvalue weighted by Crippen LogP contribution is -2.50. The first kappa shape index (κ1) is 16.8. The third-order valence-corrected chi connectivity index (χ3v) is 5.56. The molecular weight excluding hydrogens is 308 g/mol. The summed E-state index contributed by atoms with van der Waals surface area (Å²) in [7, 11) is 0. The van der Waals surface area contributed by atoms with E-state index in [4.69, 9.17) is 11.6 Å². The van der Waals surface area contributed by atoms with E-state index in [1.165, 1.54) is 44.1 Å². The molecule has 1 aliphatic heterocycles. The number of rotatable bonds is 5. The number of benzene rings is 1. The summed E-state index contributed by atoms with van der Waals surface area (Å²) in [6.45, 7) is 2.33. The van der Waals surface area contributed by atoms with Crippen molar-refractivity contribution >= 4 is 17.5 Å². The molecule has 126 valence electrons. The van der Waals surface area contributed by atoms with Gasteiger partial charge in [0.25, 0.3) is 0 Å². The highest BCUT2D eigenvalue weighted by atomic mass is 35.5. The van der Waals surface area contributed by atoms with E-state index >= 15 is 0 Å². The van der Waals surface area contributed by atoms with E-state index in [-0.39, 0.29) is 5.91 Å². The second-order valence-corrected chi connectivity index (χ2v) is 7.39. The molecule has 2 fully saturated rings. The number of amides is 1. The van der Waals surface area contributed by atoms with Crippen LogP contribution in [0, 0.1) is 5.92 Å². The van der Waals surface area contributed by atoms with Crippen LogP contribution in [0.2, 0.25) is 5.02 Å². The standard InChI is InChI=1S/C19H27ClN2O/c20-17-8-3-5-15(13-17)10-11-21-19(23)14-22-12-4-7-16-6-1-2-9-18(16)22/h3,5,8,13,16,18H,1-2,4,6-7,9-12,14H2,(H,21,23)/t16-,18-/m0/s1. The predicted octanol–water partition coefficient (Wildman–Crippen LogP) is 3.65. The van der Waals surface area contributed by atoms with Gasteiger partial charge in [0.15, 0.2) is 0 Å². The van der Waals surface area contributed by atoms with Crippen LogP contribution >= 0.6 is 11.6 Å². The monoisotopic (exact) mass is 334 g/mol. The zero-order chi connectivity index (χ0) is 16.1. The van der Waals surface area contributed by atoms with Gasteiger partial charge in [0.05, 0.1) is 6.54 Å². The fourth-order valence-electron chi connectivity index (χ4n) is 4.20. The van der Waals surface area contributed by atoms with Crippen LogP contribution in [0.5, 0.6) is 0 Å². The van der Waals surface area contributed by atoms with Gasteiger partial charge in [-0.15, -0.1) is 0 Å². The largest absolute Gasteiger partial charge is 0.355 e. The molecule has 2 atom stereocenters. The summed E-state index contributed by atoms with van der Waals surface area (Å²) in [5.74, 6) is 0.995. The van der Waals surface area contributed by atoms with Crippen LogP contribution in [0.4, 0.5) is 0 Å². The molecule has 1 saturated carbocycles. The Morgan fingerprint density at radius 2 is 2.04 bits per heavy atom. The van der Waals surface area contributed by atoms with Gasteiger partial charge >= 0.3 is 0 Å². The van der Waals surface area contributed by atoms with Crippen molar-refractivity contribution in [3.05, 3.63) is 34.9 Å². The Labute approximate surface area is 144 Å². The van der Waals surface area contributed by atoms with Crippen LogP contribution in [-0.4, -0.2) is 36.5 Å². The molecule has 1 heterocycles. The maximum Gasteiger partial charge on any atom is 0.234 e. The number of nitrogens with one attached hydrogen (secondary N) is 1. The second kappa shape index (κ2) is 8.16. The number of piperidine rings is 1. The maximum absolute atomic E-state index is 12.3. The normalized spacial score (nSPS) is 24.9. The van der Waals surface area contributed by atoms with E-state index in [9.17, 15) is 4.79 Å². The Morgan fingerprint density at radius 3 is 2.91 bits per heavy atom. The molecule has 3 nitrogen and oxygen atoms in total. The maximum atomic E-state index is 12.3. The molecule has 1 amide bonds. The third kappa shape index (κ3) is 4.71. The zero-order valence-electron chi connectivity index (χ0n) is 13.8. The molecule has 1 aromatic rings. The van der Waals surface area contributed by atoms with Crippen LogP contribution in [0.3, 0.4) is 0 Å². The van der Waals surface area contributed by atoms with Crippen LogP contribution in [0.15, 0.2) is 24.3 Å². The Morgan fingerprint density at radius 1 is 1.22 bits per heavy atom. The number of carbonyl (C=O) groups is 1. The SMILES string of the molecule is O=C(CN1CCC[C@@H]2CCCC[C@@H]21)NCCc1cccc(Cl)c1. The number of carbonyl (C=O) groups excluding carboxylic acids is 1. The van der Waals surface area contributed by atoms with E-state index in [0.29, 0.717) is 19.1 Å². The molecule has 0 spiro atoms. The quantitative estimate of drug-likeness (QED) is 0.891. The van der Waals surface area contributed by atoms with Gasteiger partial charge in [0.1, 0.15) is 0 Å². The summed E-state index contributed by atoms with van der Waals surface area (Å²) in [5.41, 5.74) is 1.17. The average Bonchev–Trinajstić information content (AvgIpc) is 2.55. The van der Waals surface area contributed by atoms with E-state index in [1.807, 2.05) is 18.2 Å². The summed E-state index contributed by atoms with van der Waals surface area (Å²) in [6, 6.07) is 8.49. The molecule has 1 N–H and O–H groups in total. The summed E-state index contributed by atoms with van der Waals surface area (Å²) in [6.07, 6.45) is 8.78. The second-order valence-electron chi connectivity index (χ2n) is 6.95. The number of likely N-dealkylation sites (tertiary alicyclic amines) is 1. The van der Waals surface area contributed by atoms with Crippen molar-refractivity contribution in [1.82, 2.24) is 10.2 Å². The highest BCUT2D eigenvalue weighted by molar-refractivity contribution is 6.30. The lowest BCUT2D eigenvalue weighted by Gasteiger charge is -2.43. The summed E-state index contributed by atoms with van der Waals surface area (Å²) < 4.78 is 0. The zero-order valence-corrected chi connectivity index (χ0v) is 14.5. The average molecular weight is 335 g/mol. The number of halogens is 1. The molecule has 1 aromatic carbocycles. The fraction of sp³-hybridized carbons (Fsp3) is 0.632. The van der Waals surface area contributed by atoms with Gasteiger partial charge in [-0.2, -0.15) is 0 Å². The van der Waals surface area contributed by atoms with E-state index in [1.54, 1.807) is 0 Å². The van der Waals surface area contributed by atoms with Gasteiger partial charge in [0, 0.05) is 17.6 Å². The van der Waals surface area contributed by atoms with Crippen LogP contribution < -0.4 is 5.32 Å². The summed E-state index contributed by atoms with van der Waals surface area (Å²) in [4.78, 5) is 14.7. The van der Waals surface area contributed by atoms with Gasteiger partial charge < -0.3 is 5.32 Å². The fourth-order valence-corrected chi connectivity index (χ4v) is 4.42. The van der Waals surface area contributed by atoms with Crippen molar-refractivity contribution < 1.29 is 4.79 Å². The molecule has 2 aliphatic rings. The number of nitrogens with zero attached hydrogens (tertiary/aromatic N) is 1. The molecule has 0 radical (unpaired) electrons. The van der Waals surface area contributed by atoms with Crippen molar-refractivity contribution in [1.29, 1.82) is 0 Å². The van der Waals surface area contributed by atoms with Gasteiger partial charge in [-0.3, -0.25) is 9.69 Å². The number of hydrogen-bond donors (Lipinski definition) is 1. The lowest BCUT2D eigenvalue weighted by atomic mass is 9.78. The smallest absolute Gasteiger partial charge is 0.234 e. The lowest BCUT2D eigenvalue weighted by molar-refractivity contribution is -0.123. The first-order valence-electron chi connectivity index (χ1n) is 8.97. The van der Waals surface area contributed by atoms with Crippen molar-refractivity contribution in [2.75, 3.05) is 19.6 Å². The Balaban J connectivity index is 1.43. The van der Waals surface area contributed by atoms with Gasteiger partial charge in [0.2, 0.25) is 5.91 Å². The number of fused-ring (bicyclic) bond motifs is 1. The van der Waals surface area contributed by atoms with Crippen LogP contribution in [-0.2, 0) is 11.2 Å². The molecule has 1 aliphatic carbocycles. The van der Waals surface area contributed by atoms with Crippen molar-refractivity contribution in [3.63, 3.8) is 0 Å². The van der Waals surface area contributed by atoms with Crippen molar-refractivity contribution in [2.45, 2.75) is 51.0 Å². The summed E-state index contributed by atoms with van der Waals surface area (Å²) >= 11 is 5.99. The topological polar surface area (TPSA) is 32.3 Å². The first-order chi connectivity index (χ1) is 11.2. The highest BCUT2D eigenvalue weighted by Gasteiger charge is 2.33. The molecule has 0 bridgehead atoms. The predicted molar refractivity (Wildman–Crippen MR) is 94.7 cm³/mol. The minimum atomic E-state index is 0.165. The van der Waals surface area contributed by atoms with E-state index < -0.39 is 0 Å². The number of hydrogen-bond acceptors (Lipinski definition) is 2. The Bertz CT molecular complexity index is 532. The molecule has 0 unspecified atom stereocenters. The molecule has 23 heavy (non-hydrogen) atoms. The first-order valence-corrected chi connectivity index (χ1v) is 9.35. The van der Waals surface area contributed by atoms with Crippen molar-refractivity contribution in [3.8, 4) is 0 Å². The molecule has 1 saturated heterocycles. The van der Waals surface area contributed by atoms with Crippen LogP contribution in [0.1, 0.15) is 44.1 Å². The van der Waals surface area contributed by atoms with Gasteiger partial charge in [-0.1, -0.05) is 36.6 Å². The molecular formula is C19H27ClN2O. The Kier molecular flexibility index (Phi) is 5.96. The van der Waals surface area contributed by atoms with Crippen LogP contribution in [0.25, 0.3) is 0 Å². The minimum absolute atomic E-state index is 0.165. The van der Waals surface area contributed by atoms with Gasteiger partial charge in [-0.05, 0) is 62.3 Å². The minimum Gasteiger partial charge on any atom is -0.355 e. The van der Waals surface area contributed by atoms with Crippen molar-refractivity contribution in [2.24, 2.45) is 5.92 Å². The molecule has 0 aromatic heterocycles. The van der Waals surface area contributed by atoms with E-state index in [2.05, 4.69) is 16.3 Å². The molecule has 4 heteroatoms. The molecule has 3 rings (SSSR count). The summed E-state index contributed by atoms with van der Waals surface area (Å²) in [5, 5.41) is 3.82.